The average molecular weight is 496 g/mol. The minimum atomic E-state index is -0.550. The number of fused-ring (bicyclic) bond motifs is 1. The summed E-state index contributed by atoms with van der Waals surface area (Å²) in [5.41, 5.74) is 2.42. The van der Waals surface area contributed by atoms with Crippen LogP contribution in [0.2, 0.25) is 0 Å². The fraction of sp³-hybridized carbons (Fsp3) is 0.138. The number of nitrogens with zero attached hydrogens (tertiary/aromatic N) is 2. The zero-order chi connectivity index (χ0) is 24.9. The Labute approximate surface area is 214 Å². The third-order valence-corrected chi connectivity index (χ3v) is 7.08. The predicted octanol–water partition coefficient (Wildman–Crippen LogP) is 6.01. The van der Waals surface area contributed by atoms with E-state index in [0.717, 1.165) is 22.1 Å². The van der Waals surface area contributed by atoms with Gasteiger partial charge in [0.25, 0.3) is 0 Å². The maximum atomic E-state index is 13.4. The number of amidine groups is 1. The zero-order valence-corrected chi connectivity index (χ0v) is 20.6. The molecule has 1 fully saturated rings. The maximum absolute atomic E-state index is 13.4. The van der Waals surface area contributed by atoms with Crippen LogP contribution in [0.25, 0.3) is 10.8 Å². The van der Waals surface area contributed by atoms with Crippen LogP contribution in [-0.4, -0.2) is 34.2 Å². The summed E-state index contributed by atoms with van der Waals surface area (Å²) in [4.78, 5) is 32.7. The highest BCUT2D eigenvalue weighted by Crippen LogP contribution is 2.33. The standard InChI is InChI=1S/C29H25N3O3S/c1-35-25-15-13-23(14-16-25)31-29-32(19-20-7-3-2-4-8-20)28(34)26(36-29)18-27(33)30-24-12-11-21-9-5-6-10-22(21)17-24/h2-17,26H,18-19H2,1H3,(H,30,33)/t26-/m1/s1. The molecule has 4 aromatic rings. The summed E-state index contributed by atoms with van der Waals surface area (Å²) in [5.74, 6) is 0.407. The van der Waals surface area contributed by atoms with Crippen LogP contribution in [0.3, 0.4) is 0 Å². The number of carbonyl (C=O) groups excluding carboxylic acids is 2. The summed E-state index contributed by atoms with van der Waals surface area (Å²) >= 11 is 1.33. The molecule has 0 bridgehead atoms. The number of methoxy groups -OCH3 is 1. The molecule has 0 aromatic heterocycles. The summed E-state index contributed by atoms with van der Waals surface area (Å²) in [6.07, 6.45) is 0.0588. The number of amides is 2. The van der Waals surface area contributed by atoms with Crippen LogP contribution in [-0.2, 0) is 16.1 Å². The first-order valence-corrected chi connectivity index (χ1v) is 12.5. The van der Waals surface area contributed by atoms with E-state index >= 15 is 0 Å². The third-order valence-electron chi connectivity index (χ3n) is 5.90. The smallest absolute Gasteiger partial charge is 0.242 e. The van der Waals surface area contributed by atoms with Crippen molar-refractivity contribution < 1.29 is 14.3 Å². The zero-order valence-electron chi connectivity index (χ0n) is 19.8. The largest absolute Gasteiger partial charge is 0.497 e. The minimum absolute atomic E-state index is 0.0588. The Bertz CT molecular complexity index is 1420. The van der Waals surface area contributed by atoms with Gasteiger partial charge in [-0.25, -0.2) is 4.99 Å². The lowest BCUT2D eigenvalue weighted by molar-refractivity contribution is -0.128. The number of rotatable bonds is 7. The lowest BCUT2D eigenvalue weighted by Gasteiger charge is -2.16. The third kappa shape index (κ3) is 5.42. The van der Waals surface area contributed by atoms with E-state index in [4.69, 9.17) is 9.73 Å². The number of hydrogen-bond donors (Lipinski definition) is 1. The topological polar surface area (TPSA) is 71.0 Å². The number of thioether (sulfide) groups is 1. The SMILES string of the molecule is COc1ccc(N=C2S[C@H](CC(=O)Nc3ccc4ccccc4c3)C(=O)N2Cc2ccccc2)cc1. The molecule has 180 valence electrons. The molecule has 4 aromatic carbocycles. The molecule has 1 aliphatic heterocycles. The van der Waals surface area contributed by atoms with Crippen LogP contribution in [0.15, 0.2) is 102 Å². The number of carbonyl (C=O) groups is 2. The molecule has 0 aliphatic carbocycles. The molecule has 7 heteroatoms. The normalized spacial score (nSPS) is 16.5. The fourth-order valence-corrected chi connectivity index (χ4v) is 5.21. The van der Waals surface area contributed by atoms with Crippen molar-refractivity contribution in [1.29, 1.82) is 0 Å². The van der Waals surface area contributed by atoms with Gasteiger partial charge in [-0.15, -0.1) is 0 Å². The monoisotopic (exact) mass is 495 g/mol. The van der Waals surface area contributed by atoms with Gasteiger partial charge in [-0.1, -0.05) is 72.4 Å². The molecule has 0 radical (unpaired) electrons. The van der Waals surface area contributed by atoms with Crippen molar-refractivity contribution >= 4 is 50.9 Å². The molecule has 1 atom stereocenters. The van der Waals surface area contributed by atoms with Crippen molar-refractivity contribution in [2.24, 2.45) is 4.99 Å². The van der Waals surface area contributed by atoms with E-state index in [2.05, 4.69) is 5.32 Å². The predicted molar refractivity (Wildman–Crippen MR) is 146 cm³/mol. The molecule has 1 heterocycles. The Balaban J connectivity index is 1.34. The molecule has 1 saturated heterocycles. The second kappa shape index (κ2) is 10.7. The van der Waals surface area contributed by atoms with E-state index in [9.17, 15) is 9.59 Å². The molecule has 36 heavy (non-hydrogen) atoms. The van der Waals surface area contributed by atoms with Gasteiger partial charge in [0.1, 0.15) is 11.0 Å². The molecule has 1 aliphatic rings. The number of nitrogens with one attached hydrogen (secondary N) is 1. The number of benzene rings is 4. The Morgan fingerprint density at radius 1 is 0.944 bits per heavy atom. The first-order valence-electron chi connectivity index (χ1n) is 11.6. The van der Waals surface area contributed by atoms with Crippen LogP contribution in [0, 0.1) is 0 Å². The van der Waals surface area contributed by atoms with E-state index in [-0.39, 0.29) is 18.2 Å². The second-order valence-corrected chi connectivity index (χ2v) is 9.59. The molecule has 0 spiro atoms. The van der Waals surface area contributed by atoms with Crippen LogP contribution in [0.1, 0.15) is 12.0 Å². The summed E-state index contributed by atoms with van der Waals surface area (Å²) in [6, 6.07) is 30.9. The molecular weight excluding hydrogens is 470 g/mol. The summed E-state index contributed by atoms with van der Waals surface area (Å²) in [7, 11) is 1.61. The lowest BCUT2D eigenvalue weighted by Crippen LogP contribution is -2.33. The maximum Gasteiger partial charge on any atom is 0.242 e. The van der Waals surface area contributed by atoms with Gasteiger partial charge in [0.2, 0.25) is 11.8 Å². The number of hydrogen-bond acceptors (Lipinski definition) is 5. The second-order valence-electron chi connectivity index (χ2n) is 8.42. The van der Waals surface area contributed by atoms with Crippen LogP contribution < -0.4 is 10.1 Å². The van der Waals surface area contributed by atoms with E-state index in [1.54, 1.807) is 12.0 Å². The molecular formula is C29H25N3O3S. The van der Waals surface area contributed by atoms with Crippen molar-refractivity contribution in [2.45, 2.75) is 18.2 Å². The van der Waals surface area contributed by atoms with Gasteiger partial charge >= 0.3 is 0 Å². The minimum Gasteiger partial charge on any atom is -0.497 e. The summed E-state index contributed by atoms with van der Waals surface area (Å²) in [5, 5.41) is 5.13. The quantitative estimate of drug-likeness (QED) is 0.341. The molecule has 0 saturated carbocycles. The van der Waals surface area contributed by atoms with Gasteiger partial charge in [-0.2, -0.15) is 0 Å². The van der Waals surface area contributed by atoms with Gasteiger partial charge in [0, 0.05) is 12.1 Å². The highest BCUT2D eigenvalue weighted by Gasteiger charge is 2.39. The molecule has 6 nitrogen and oxygen atoms in total. The van der Waals surface area contributed by atoms with Gasteiger partial charge in [0.05, 0.1) is 19.3 Å². The van der Waals surface area contributed by atoms with Crippen molar-refractivity contribution in [3.8, 4) is 5.75 Å². The average Bonchev–Trinajstić information content (AvgIpc) is 3.18. The van der Waals surface area contributed by atoms with Crippen LogP contribution >= 0.6 is 11.8 Å². The van der Waals surface area contributed by atoms with Crippen LogP contribution in [0.5, 0.6) is 5.75 Å². The molecule has 5 rings (SSSR count). The number of anilines is 1. The Morgan fingerprint density at radius 2 is 1.67 bits per heavy atom. The first kappa shape index (κ1) is 23.6. The van der Waals surface area contributed by atoms with Crippen molar-refractivity contribution in [2.75, 3.05) is 12.4 Å². The molecule has 1 N–H and O–H groups in total. The highest BCUT2D eigenvalue weighted by molar-refractivity contribution is 8.15. The van der Waals surface area contributed by atoms with E-state index in [0.29, 0.717) is 23.1 Å². The van der Waals surface area contributed by atoms with Gasteiger partial charge in [0.15, 0.2) is 5.17 Å². The van der Waals surface area contributed by atoms with Crippen molar-refractivity contribution in [3.63, 3.8) is 0 Å². The number of ether oxygens (including phenoxy) is 1. The first-order chi connectivity index (χ1) is 17.6. The van der Waals surface area contributed by atoms with Crippen molar-refractivity contribution in [3.05, 3.63) is 103 Å². The molecule has 0 unspecified atom stereocenters. The van der Waals surface area contributed by atoms with E-state index in [1.807, 2.05) is 97.1 Å². The van der Waals surface area contributed by atoms with E-state index < -0.39 is 5.25 Å². The van der Waals surface area contributed by atoms with E-state index in [1.165, 1.54) is 11.8 Å². The van der Waals surface area contributed by atoms with Crippen molar-refractivity contribution in [1.82, 2.24) is 4.90 Å². The Morgan fingerprint density at radius 3 is 2.42 bits per heavy atom. The molecule has 2 amide bonds. The van der Waals surface area contributed by atoms with Crippen LogP contribution in [0.4, 0.5) is 11.4 Å². The Kier molecular flexibility index (Phi) is 7.00. The summed E-state index contributed by atoms with van der Waals surface area (Å²) in [6.45, 7) is 0.393. The fourth-order valence-electron chi connectivity index (χ4n) is 4.05. The highest BCUT2D eigenvalue weighted by atomic mass is 32.2. The van der Waals surface area contributed by atoms with Gasteiger partial charge in [-0.3, -0.25) is 14.5 Å². The Hall–Kier alpha value is -4.10. The number of aliphatic imine (C=N–C) groups is 1. The lowest BCUT2D eigenvalue weighted by atomic mass is 10.1. The van der Waals surface area contributed by atoms with Gasteiger partial charge in [-0.05, 0) is 52.7 Å². The van der Waals surface area contributed by atoms with Gasteiger partial charge < -0.3 is 10.1 Å². The summed E-state index contributed by atoms with van der Waals surface area (Å²) < 4.78 is 5.23.